The van der Waals surface area contributed by atoms with Crippen LogP contribution in [0.5, 0.6) is 0 Å². The van der Waals surface area contributed by atoms with E-state index < -0.39 is 11.5 Å². The zero-order valence-electron chi connectivity index (χ0n) is 14.5. The lowest BCUT2D eigenvalue weighted by Gasteiger charge is -2.39. The first-order chi connectivity index (χ1) is 13.0. The second kappa shape index (κ2) is 5.35. The Morgan fingerprint density at radius 3 is 2.78 bits per heavy atom. The standard InChI is InChI=1S/C19H16FN5O2/c1-10-7-14(18(27)25-15(10)17(26)24-19(25)5-2-6-19)23-16-12-8-11(20)3-4-13(12)21-9-22-16/h3-4,7-9H,2,5-6H2,1H3,(H,24,26)(H,21,22,23). The quantitative estimate of drug-likeness (QED) is 0.729. The molecule has 1 aliphatic carbocycles. The van der Waals surface area contributed by atoms with Crippen LogP contribution in [0, 0.1) is 12.7 Å². The number of anilines is 2. The van der Waals surface area contributed by atoms with Crippen LogP contribution < -0.4 is 16.2 Å². The summed E-state index contributed by atoms with van der Waals surface area (Å²) < 4.78 is 15.3. The van der Waals surface area contributed by atoms with Crippen LogP contribution in [0.1, 0.15) is 35.3 Å². The number of fused-ring (bicyclic) bond motifs is 3. The van der Waals surface area contributed by atoms with Gasteiger partial charge < -0.3 is 10.6 Å². The van der Waals surface area contributed by atoms with Crippen LogP contribution in [-0.2, 0) is 5.66 Å². The normalized spacial score (nSPS) is 16.9. The Kier molecular flexibility index (Phi) is 3.16. The lowest BCUT2D eigenvalue weighted by Crippen LogP contribution is -2.52. The van der Waals surface area contributed by atoms with Gasteiger partial charge in [-0.1, -0.05) is 0 Å². The molecule has 3 heterocycles. The molecule has 0 bridgehead atoms. The maximum Gasteiger partial charge on any atom is 0.276 e. The van der Waals surface area contributed by atoms with Crippen molar-refractivity contribution in [2.75, 3.05) is 5.32 Å². The molecule has 8 heteroatoms. The minimum Gasteiger partial charge on any atom is -0.335 e. The van der Waals surface area contributed by atoms with Gasteiger partial charge in [-0.2, -0.15) is 0 Å². The molecule has 2 aromatic heterocycles. The van der Waals surface area contributed by atoms with Crippen LogP contribution in [0.3, 0.4) is 0 Å². The van der Waals surface area contributed by atoms with E-state index in [1.165, 1.54) is 18.5 Å². The van der Waals surface area contributed by atoms with Crippen molar-refractivity contribution in [1.82, 2.24) is 19.9 Å². The SMILES string of the molecule is Cc1cc(Nc2ncnc3ccc(F)cc23)c(=O)n2c1C(=O)NC21CCC1. The van der Waals surface area contributed by atoms with E-state index in [1.54, 1.807) is 23.6 Å². The summed E-state index contributed by atoms with van der Waals surface area (Å²) in [5.41, 5.74) is 1.05. The second-order valence-corrected chi connectivity index (χ2v) is 7.08. The number of carbonyl (C=O) groups is 1. The number of benzene rings is 1. The molecule has 1 amide bonds. The highest BCUT2D eigenvalue weighted by Gasteiger charge is 2.48. The first-order valence-corrected chi connectivity index (χ1v) is 8.75. The highest BCUT2D eigenvalue weighted by atomic mass is 19.1. The predicted octanol–water partition coefficient (Wildman–Crippen LogP) is 2.56. The number of rotatable bonds is 2. The molecule has 0 unspecified atom stereocenters. The summed E-state index contributed by atoms with van der Waals surface area (Å²) in [5.74, 6) is -0.285. The summed E-state index contributed by atoms with van der Waals surface area (Å²) >= 11 is 0. The van der Waals surface area contributed by atoms with Crippen LogP contribution in [-0.4, -0.2) is 20.4 Å². The average Bonchev–Trinajstić information content (AvgIpc) is 2.94. The van der Waals surface area contributed by atoms with E-state index in [1.807, 2.05) is 0 Å². The number of aryl methyl sites for hydroxylation is 1. The lowest BCUT2D eigenvalue weighted by molar-refractivity contribution is 0.0790. The molecule has 3 aromatic rings. The van der Waals surface area contributed by atoms with Gasteiger partial charge in [0.05, 0.1) is 5.52 Å². The van der Waals surface area contributed by atoms with E-state index in [9.17, 15) is 14.0 Å². The molecule has 0 saturated heterocycles. The van der Waals surface area contributed by atoms with Gasteiger partial charge in [0.1, 0.15) is 35.0 Å². The molecule has 1 spiro atoms. The van der Waals surface area contributed by atoms with Crippen LogP contribution >= 0.6 is 0 Å². The molecule has 7 nitrogen and oxygen atoms in total. The average molecular weight is 365 g/mol. The number of hydrogen-bond acceptors (Lipinski definition) is 5. The third kappa shape index (κ3) is 2.19. The Balaban J connectivity index is 1.67. The fraction of sp³-hybridized carbons (Fsp3) is 0.263. The first-order valence-electron chi connectivity index (χ1n) is 8.75. The van der Waals surface area contributed by atoms with Gasteiger partial charge in [0.15, 0.2) is 0 Å². The fourth-order valence-corrected chi connectivity index (χ4v) is 3.97. The smallest absolute Gasteiger partial charge is 0.276 e. The van der Waals surface area contributed by atoms with E-state index in [0.717, 1.165) is 19.3 Å². The van der Waals surface area contributed by atoms with Crippen molar-refractivity contribution in [3.63, 3.8) is 0 Å². The van der Waals surface area contributed by atoms with Gasteiger partial charge in [0, 0.05) is 5.39 Å². The maximum absolute atomic E-state index is 13.7. The Hall–Kier alpha value is -3.29. The Morgan fingerprint density at radius 1 is 1.22 bits per heavy atom. The molecule has 1 fully saturated rings. The molecule has 2 aliphatic rings. The van der Waals surface area contributed by atoms with Gasteiger partial charge in [0.2, 0.25) is 0 Å². The van der Waals surface area contributed by atoms with E-state index in [2.05, 4.69) is 20.6 Å². The number of nitrogens with zero attached hydrogens (tertiary/aromatic N) is 3. The number of amides is 1. The summed E-state index contributed by atoms with van der Waals surface area (Å²) in [5, 5.41) is 6.47. The monoisotopic (exact) mass is 365 g/mol. The third-order valence-electron chi connectivity index (χ3n) is 5.41. The van der Waals surface area contributed by atoms with Crippen molar-refractivity contribution in [1.29, 1.82) is 0 Å². The van der Waals surface area contributed by atoms with E-state index >= 15 is 0 Å². The van der Waals surface area contributed by atoms with Crippen molar-refractivity contribution in [2.24, 2.45) is 0 Å². The summed E-state index contributed by atoms with van der Waals surface area (Å²) in [4.78, 5) is 33.8. The van der Waals surface area contributed by atoms with Crippen molar-refractivity contribution in [3.05, 3.63) is 58.0 Å². The minimum absolute atomic E-state index is 0.217. The Labute approximate surface area is 153 Å². The summed E-state index contributed by atoms with van der Waals surface area (Å²) in [6, 6.07) is 5.85. The molecule has 2 N–H and O–H groups in total. The summed E-state index contributed by atoms with van der Waals surface area (Å²) in [7, 11) is 0. The first kappa shape index (κ1) is 15.9. The number of hydrogen-bond donors (Lipinski definition) is 2. The number of nitrogens with one attached hydrogen (secondary N) is 2. The van der Waals surface area contributed by atoms with E-state index in [-0.39, 0.29) is 11.5 Å². The van der Waals surface area contributed by atoms with Gasteiger partial charge in [-0.15, -0.1) is 0 Å². The molecule has 27 heavy (non-hydrogen) atoms. The zero-order chi connectivity index (χ0) is 18.8. The number of carbonyl (C=O) groups excluding carboxylic acids is 1. The molecule has 5 rings (SSSR count). The Morgan fingerprint density at radius 2 is 2.04 bits per heavy atom. The van der Waals surface area contributed by atoms with Gasteiger partial charge >= 0.3 is 0 Å². The molecular formula is C19H16FN5O2. The van der Waals surface area contributed by atoms with E-state index in [0.29, 0.717) is 33.7 Å². The molecule has 1 aliphatic heterocycles. The number of pyridine rings is 1. The van der Waals surface area contributed by atoms with Crippen molar-refractivity contribution < 1.29 is 9.18 Å². The molecule has 1 aromatic carbocycles. The van der Waals surface area contributed by atoms with Crippen LogP contribution in [0.15, 0.2) is 35.4 Å². The lowest BCUT2D eigenvalue weighted by atomic mass is 9.85. The largest absolute Gasteiger partial charge is 0.335 e. The summed E-state index contributed by atoms with van der Waals surface area (Å²) in [6.07, 6.45) is 3.78. The molecule has 0 atom stereocenters. The second-order valence-electron chi connectivity index (χ2n) is 7.08. The highest BCUT2D eigenvalue weighted by Crippen LogP contribution is 2.41. The molecule has 0 radical (unpaired) electrons. The van der Waals surface area contributed by atoms with Gasteiger partial charge in [-0.05, 0) is 56.0 Å². The zero-order valence-corrected chi connectivity index (χ0v) is 14.5. The van der Waals surface area contributed by atoms with E-state index in [4.69, 9.17) is 0 Å². The topological polar surface area (TPSA) is 88.9 Å². The minimum atomic E-state index is -0.619. The van der Waals surface area contributed by atoms with Gasteiger partial charge in [-0.25, -0.2) is 14.4 Å². The van der Waals surface area contributed by atoms with Crippen molar-refractivity contribution in [2.45, 2.75) is 31.8 Å². The highest BCUT2D eigenvalue weighted by molar-refractivity contribution is 5.97. The predicted molar refractivity (Wildman–Crippen MR) is 97.5 cm³/mol. The molecule has 136 valence electrons. The number of halogens is 1. The van der Waals surface area contributed by atoms with Gasteiger partial charge in [-0.3, -0.25) is 14.2 Å². The van der Waals surface area contributed by atoms with Crippen LogP contribution in [0.25, 0.3) is 10.9 Å². The Bertz CT molecular complexity index is 1180. The van der Waals surface area contributed by atoms with Crippen LogP contribution in [0.2, 0.25) is 0 Å². The van der Waals surface area contributed by atoms with Crippen molar-refractivity contribution in [3.8, 4) is 0 Å². The molecule has 1 saturated carbocycles. The van der Waals surface area contributed by atoms with Gasteiger partial charge in [0.25, 0.3) is 11.5 Å². The van der Waals surface area contributed by atoms with Crippen molar-refractivity contribution >= 4 is 28.3 Å². The summed E-state index contributed by atoms with van der Waals surface area (Å²) in [6.45, 7) is 1.80. The number of aromatic nitrogens is 3. The molecular weight excluding hydrogens is 349 g/mol. The third-order valence-corrected chi connectivity index (χ3v) is 5.41. The maximum atomic E-state index is 13.7. The fourth-order valence-electron chi connectivity index (χ4n) is 3.97. The van der Waals surface area contributed by atoms with Crippen LogP contribution in [0.4, 0.5) is 15.9 Å².